The maximum absolute atomic E-state index is 11.8. The molecular formula is C13H23N5O5S2. The Labute approximate surface area is 156 Å². The van der Waals surface area contributed by atoms with Crippen LogP contribution in [0.4, 0.5) is 0 Å². The predicted octanol–water partition coefficient (Wildman–Crippen LogP) is -3.19. The van der Waals surface area contributed by atoms with Crippen LogP contribution in [0.3, 0.4) is 0 Å². The highest BCUT2D eigenvalue weighted by Crippen LogP contribution is 1.89. The number of thiol groups is 2. The Bertz CT molecular complexity index is 517. The van der Waals surface area contributed by atoms with Crippen LogP contribution in [0, 0.1) is 0 Å². The first-order valence-electron chi connectivity index (χ1n) is 7.29. The Hall–Kier alpha value is -1.95. The summed E-state index contributed by atoms with van der Waals surface area (Å²) in [6, 6.07) is -1.67. The van der Waals surface area contributed by atoms with Gasteiger partial charge in [-0.2, -0.15) is 25.3 Å². The van der Waals surface area contributed by atoms with E-state index < -0.39 is 41.6 Å². The first-order chi connectivity index (χ1) is 11.7. The van der Waals surface area contributed by atoms with E-state index in [1.807, 2.05) is 0 Å². The molecule has 0 fully saturated rings. The third-order valence-corrected chi connectivity index (χ3v) is 3.56. The molecule has 25 heavy (non-hydrogen) atoms. The second kappa shape index (κ2) is 12.4. The van der Waals surface area contributed by atoms with Gasteiger partial charge >= 0.3 is 0 Å². The van der Waals surface area contributed by atoms with Crippen molar-refractivity contribution >= 4 is 54.8 Å². The van der Waals surface area contributed by atoms with Crippen LogP contribution < -0.4 is 26.6 Å². The van der Waals surface area contributed by atoms with E-state index in [1.54, 1.807) is 0 Å². The highest BCUT2D eigenvalue weighted by atomic mass is 32.1. The Balaban J connectivity index is 4.22. The number of nitrogens with one attached hydrogen (secondary N) is 5. The Morgan fingerprint density at radius 3 is 1.80 bits per heavy atom. The molecule has 10 nitrogen and oxygen atoms in total. The van der Waals surface area contributed by atoms with Gasteiger partial charge in [-0.3, -0.25) is 24.0 Å². The van der Waals surface area contributed by atoms with Crippen molar-refractivity contribution in [3.63, 3.8) is 0 Å². The summed E-state index contributed by atoms with van der Waals surface area (Å²) in [6.07, 6.45) is 0. The van der Waals surface area contributed by atoms with E-state index in [4.69, 9.17) is 0 Å². The number of hydrogen-bond acceptors (Lipinski definition) is 7. The van der Waals surface area contributed by atoms with E-state index in [-0.39, 0.29) is 24.6 Å². The maximum atomic E-state index is 11.8. The molecule has 12 heteroatoms. The fourth-order valence-electron chi connectivity index (χ4n) is 1.59. The van der Waals surface area contributed by atoms with E-state index in [0.717, 1.165) is 0 Å². The molecule has 0 aliphatic carbocycles. The normalized spacial score (nSPS) is 12.3. The second-order valence-electron chi connectivity index (χ2n) is 4.85. The molecule has 5 amide bonds. The van der Waals surface area contributed by atoms with Crippen LogP contribution in [0.1, 0.15) is 6.92 Å². The van der Waals surface area contributed by atoms with Gasteiger partial charge in [0.1, 0.15) is 12.1 Å². The monoisotopic (exact) mass is 393 g/mol. The van der Waals surface area contributed by atoms with Crippen LogP contribution in [0.25, 0.3) is 0 Å². The number of hydrogen-bond donors (Lipinski definition) is 7. The van der Waals surface area contributed by atoms with E-state index >= 15 is 0 Å². The predicted molar refractivity (Wildman–Crippen MR) is 97.3 cm³/mol. The summed E-state index contributed by atoms with van der Waals surface area (Å²) in [6.45, 7) is 0.519. The van der Waals surface area contributed by atoms with Gasteiger partial charge in [0, 0.05) is 25.5 Å². The molecule has 0 aliphatic rings. The fraction of sp³-hybridized carbons (Fsp3) is 0.615. The van der Waals surface area contributed by atoms with Crippen molar-refractivity contribution in [3.8, 4) is 0 Å². The smallest absolute Gasteiger partial charge is 0.243 e. The molecule has 0 aromatic heterocycles. The Morgan fingerprint density at radius 2 is 1.32 bits per heavy atom. The molecule has 5 N–H and O–H groups in total. The summed E-state index contributed by atoms with van der Waals surface area (Å²) < 4.78 is 0. The molecule has 0 unspecified atom stereocenters. The van der Waals surface area contributed by atoms with Crippen LogP contribution in [-0.4, -0.2) is 73.3 Å². The third kappa shape index (κ3) is 9.82. The minimum Gasteiger partial charge on any atom is -0.357 e. The van der Waals surface area contributed by atoms with E-state index in [1.165, 1.54) is 14.0 Å². The summed E-state index contributed by atoms with van der Waals surface area (Å²) >= 11 is 7.89. The topological polar surface area (TPSA) is 146 Å². The molecule has 0 bridgehead atoms. The van der Waals surface area contributed by atoms with E-state index in [2.05, 4.69) is 51.8 Å². The van der Waals surface area contributed by atoms with Crippen molar-refractivity contribution in [3.05, 3.63) is 0 Å². The van der Waals surface area contributed by atoms with Gasteiger partial charge in [0.2, 0.25) is 29.5 Å². The zero-order chi connectivity index (χ0) is 19.4. The molecule has 0 aromatic carbocycles. The highest BCUT2D eigenvalue weighted by molar-refractivity contribution is 7.80. The Morgan fingerprint density at radius 1 is 0.800 bits per heavy atom. The molecule has 0 radical (unpaired) electrons. The summed E-state index contributed by atoms with van der Waals surface area (Å²) in [5.74, 6) is -2.38. The van der Waals surface area contributed by atoms with Crippen molar-refractivity contribution in [2.45, 2.75) is 19.0 Å². The van der Waals surface area contributed by atoms with Gasteiger partial charge in [0.15, 0.2) is 0 Å². The van der Waals surface area contributed by atoms with Crippen molar-refractivity contribution < 1.29 is 24.0 Å². The molecule has 142 valence electrons. The quantitative estimate of drug-likeness (QED) is 0.196. The van der Waals surface area contributed by atoms with Gasteiger partial charge in [0.05, 0.1) is 13.1 Å². The van der Waals surface area contributed by atoms with Gasteiger partial charge in [-0.1, -0.05) is 0 Å². The molecule has 0 aromatic rings. The number of carbonyl (C=O) groups is 5. The van der Waals surface area contributed by atoms with E-state index in [0.29, 0.717) is 0 Å². The highest BCUT2D eigenvalue weighted by Gasteiger charge is 2.19. The zero-order valence-corrected chi connectivity index (χ0v) is 15.7. The van der Waals surface area contributed by atoms with Gasteiger partial charge in [-0.25, -0.2) is 0 Å². The van der Waals surface area contributed by atoms with Gasteiger partial charge in [0.25, 0.3) is 0 Å². The van der Waals surface area contributed by atoms with Crippen molar-refractivity contribution in [1.82, 2.24) is 26.6 Å². The third-order valence-electron chi connectivity index (χ3n) is 2.83. The summed E-state index contributed by atoms with van der Waals surface area (Å²) in [7, 11) is 1.43. The summed E-state index contributed by atoms with van der Waals surface area (Å²) in [5.41, 5.74) is 0. The number of carbonyl (C=O) groups excluding carboxylic acids is 5. The lowest BCUT2D eigenvalue weighted by Crippen LogP contribution is -2.51. The summed E-state index contributed by atoms with van der Waals surface area (Å²) in [5, 5.41) is 11.8. The van der Waals surface area contributed by atoms with Crippen LogP contribution in [-0.2, 0) is 24.0 Å². The molecule has 0 saturated heterocycles. The molecule has 0 rings (SSSR count). The first-order valence-corrected chi connectivity index (χ1v) is 8.55. The van der Waals surface area contributed by atoms with Crippen molar-refractivity contribution in [1.29, 1.82) is 0 Å². The van der Waals surface area contributed by atoms with Gasteiger partial charge in [-0.15, -0.1) is 0 Å². The van der Waals surface area contributed by atoms with E-state index in [9.17, 15) is 24.0 Å². The molecule has 0 spiro atoms. The largest absolute Gasteiger partial charge is 0.357 e. The van der Waals surface area contributed by atoms with Crippen LogP contribution >= 0.6 is 25.3 Å². The SMILES string of the molecule is CNC(=O)[C@H](CS)NC(=O)CNC(=O)CNC(=O)[C@H](CS)NC(C)=O. The molecular weight excluding hydrogens is 370 g/mol. The number of rotatable bonds is 10. The molecule has 0 saturated carbocycles. The Kier molecular flexibility index (Phi) is 11.4. The minimum atomic E-state index is -0.861. The fourth-order valence-corrected chi connectivity index (χ4v) is 2.10. The maximum Gasteiger partial charge on any atom is 0.243 e. The second-order valence-corrected chi connectivity index (χ2v) is 5.58. The number of likely N-dealkylation sites (N-methyl/N-ethyl adjacent to an activating group) is 1. The van der Waals surface area contributed by atoms with Crippen molar-refractivity contribution in [2.24, 2.45) is 0 Å². The minimum absolute atomic E-state index is 0.0695. The van der Waals surface area contributed by atoms with Gasteiger partial charge < -0.3 is 26.6 Å². The molecule has 0 heterocycles. The lowest BCUT2D eigenvalue weighted by Gasteiger charge is -2.16. The molecule has 0 aliphatic heterocycles. The standard InChI is InChI=1S/C13H23N5O5S2/c1-7(19)17-9(6-25)13(23)16-3-10(20)15-4-11(21)18-8(5-24)12(22)14-2/h8-9,24-25H,3-6H2,1-2H3,(H,14,22)(H,15,20)(H,16,23)(H,17,19)(H,18,21)/t8-,9-/m0/s1. The number of amides is 5. The lowest BCUT2D eigenvalue weighted by atomic mass is 10.3. The van der Waals surface area contributed by atoms with Crippen LogP contribution in [0.5, 0.6) is 0 Å². The summed E-state index contributed by atoms with van der Waals surface area (Å²) in [4.78, 5) is 57.4. The van der Waals surface area contributed by atoms with Crippen LogP contribution in [0.2, 0.25) is 0 Å². The first kappa shape index (κ1) is 23.1. The average Bonchev–Trinajstić information content (AvgIpc) is 2.59. The zero-order valence-electron chi connectivity index (χ0n) is 13.9. The molecule has 2 atom stereocenters. The average molecular weight is 393 g/mol. The lowest BCUT2D eigenvalue weighted by molar-refractivity contribution is -0.130. The van der Waals surface area contributed by atoms with Crippen LogP contribution in [0.15, 0.2) is 0 Å². The van der Waals surface area contributed by atoms with Gasteiger partial charge in [-0.05, 0) is 0 Å². The van der Waals surface area contributed by atoms with Crippen molar-refractivity contribution in [2.75, 3.05) is 31.6 Å².